The van der Waals surface area contributed by atoms with Crippen LogP contribution >= 0.6 is 0 Å². The zero-order valence-corrected chi connectivity index (χ0v) is 73.2. The molecule has 15 aliphatic carbocycles. The molecule has 0 aromatic heterocycles. The topological polar surface area (TPSA) is 71.9 Å². The van der Waals surface area contributed by atoms with Crippen LogP contribution in [0.2, 0.25) is 0 Å². The molecule has 5 aliphatic heterocycles. The van der Waals surface area contributed by atoms with E-state index in [1.807, 2.05) is 0 Å². The van der Waals surface area contributed by atoms with Gasteiger partial charge in [-0.25, -0.2) is 0 Å². The Morgan fingerprint density at radius 1 is 0.230 bits per heavy atom. The van der Waals surface area contributed by atoms with Crippen molar-refractivity contribution in [2.45, 2.75) is 416 Å². The monoisotopic (exact) mass is 1560 g/mol. The highest BCUT2D eigenvalue weighted by Crippen LogP contribution is 2.54. The van der Waals surface area contributed by atoms with E-state index < -0.39 is 0 Å². The number of epoxide rings is 5. The van der Waals surface area contributed by atoms with Gasteiger partial charge >= 0.3 is 0 Å². The van der Waals surface area contributed by atoms with Gasteiger partial charge in [0.25, 0.3) is 0 Å². The van der Waals surface area contributed by atoms with E-state index in [2.05, 4.69) is 98.9 Å². The Kier molecular flexibility index (Phi) is 37.0. The van der Waals surface area contributed by atoms with E-state index in [0.717, 1.165) is 170 Å². The molecule has 6 nitrogen and oxygen atoms in total. The Balaban J connectivity index is 0.000000110. The first-order chi connectivity index (χ1) is 55.9. The van der Waals surface area contributed by atoms with Gasteiger partial charge in [0.2, 0.25) is 0 Å². The van der Waals surface area contributed by atoms with Crippen molar-refractivity contribution in [2.75, 3.05) is 39.6 Å². The number of hydrogen-bond acceptors (Lipinski definition) is 6. The third-order valence-electron chi connectivity index (χ3n) is 33.1. The van der Waals surface area contributed by atoms with Crippen molar-refractivity contribution in [3.63, 3.8) is 0 Å². The van der Waals surface area contributed by atoms with Crippen LogP contribution in [0, 0.1) is 130 Å². The number of allylic oxidation sites excluding steroid dienone is 14. The second kappa shape index (κ2) is 48.0. The number of unbranched alkanes of at least 4 members (excludes halogenated alkanes) is 28. The minimum absolute atomic E-state index is 0.425. The molecule has 5 heterocycles. The van der Waals surface area contributed by atoms with E-state index in [9.17, 15) is 0 Å². The van der Waals surface area contributed by atoms with Gasteiger partial charge in [-0.2, -0.15) is 0 Å². The second-order valence-electron chi connectivity index (χ2n) is 42.2. The minimum atomic E-state index is 0.425. The summed E-state index contributed by atoms with van der Waals surface area (Å²) < 4.78 is 32.0. The first kappa shape index (κ1) is 87.3. The molecule has 14 bridgehead atoms. The molecule has 113 heavy (non-hydrogen) atoms. The lowest BCUT2D eigenvalue weighted by atomic mass is 9.74. The Hall–Kier alpha value is -2.06. The zero-order chi connectivity index (χ0) is 76.9. The summed E-state index contributed by atoms with van der Waals surface area (Å²) in [4.78, 5) is 0. The van der Waals surface area contributed by atoms with Gasteiger partial charge in [0.1, 0.15) is 6.10 Å². The summed E-state index contributed by atoms with van der Waals surface area (Å²) in [5.74, 6) is 21.2. The molecule has 0 spiro atoms. The van der Waals surface area contributed by atoms with E-state index >= 15 is 0 Å². The van der Waals surface area contributed by atoms with Crippen LogP contribution < -0.4 is 0 Å². The molecule has 28 unspecified atom stereocenters. The largest absolute Gasteiger partial charge is 0.378 e. The number of rotatable bonds is 48. The van der Waals surface area contributed by atoms with Crippen LogP contribution in [0.5, 0.6) is 0 Å². The smallest absolute Gasteiger partial charge is 0.104 e. The lowest BCUT2D eigenvalue weighted by Gasteiger charge is -2.29. The van der Waals surface area contributed by atoms with Crippen molar-refractivity contribution < 1.29 is 28.4 Å². The van der Waals surface area contributed by atoms with Crippen LogP contribution in [0.4, 0.5) is 0 Å². The molecule has 0 aromatic rings. The summed E-state index contributed by atoms with van der Waals surface area (Å²) >= 11 is 0. The third-order valence-corrected chi connectivity index (χ3v) is 33.1. The molecule has 638 valence electrons. The van der Waals surface area contributed by atoms with Gasteiger partial charge in [0, 0.05) is 0 Å². The van der Waals surface area contributed by atoms with Crippen molar-refractivity contribution in [1.82, 2.24) is 0 Å². The molecule has 13 fully saturated rings. The molecule has 20 rings (SSSR count). The average Bonchev–Trinajstić information content (AvgIpc) is 1.62. The van der Waals surface area contributed by atoms with E-state index in [4.69, 9.17) is 28.4 Å². The Labute approximate surface area is 695 Å². The van der Waals surface area contributed by atoms with Gasteiger partial charge < -0.3 is 28.4 Å². The lowest BCUT2D eigenvalue weighted by Crippen LogP contribution is -2.24. The first-order valence-corrected chi connectivity index (χ1v) is 51.3. The molecule has 0 aromatic carbocycles. The van der Waals surface area contributed by atoms with E-state index in [1.165, 1.54) is 366 Å². The summed E-state index contributed by atoms with van der Waals surface area (Å²) in [6, 6.07) is 0. The fourth-order valence-corrected chi connectivity index (χ4v) is 25.8. The van der Waals surface area contributed by atoms with Crippen molar-refractivity contribution in [3.8, 4) is 0 Å². The molecular weight excluding hydrogens is 1380 g/mol. The Morgan fingerprint density at radius 2 is 0.513 bits per heavy atom. The maximum absolute atomic E-state index is 5.64. The van der Waals surface area contributed by atoms with Crippen LogP contribution in [-0.4, -0.2) is 76.3 Å². The zero-order valence-electron chi connectivity index (χ0n) is 73.2. The van der Waals surface area contributed by atoms with Crippen molar-refractivity contribution >= 4 is 0 Å². The van der Waals surface area contributed by atoms with E-state index in [-0.39, 0.29) is 0 Å². The van der Waals surface area contributed by atoms with Gasteiger partial charge in [-0.3, -0.25) is 0 Å². The molecule has 0 amide bonds. The van der Waals surface area contributed by atoms with Gasteiger partial charge in [-0.1, -0.05) is 304 Å². The molecular formula is C107H174O6. The van der Waals surface area contributed by atoms with Gasteiger partial charge in [0.05, 0.1) is 70.2 Å². The van der Waals surface area contributed by atoms with Crippen LogP contribution in [0.3, 0.4) is 0 Å². The fraction of sp³-hybridized carbons (Fsp3) is 0.869. The Morgan fingerprint density at radius 3 is 0.814 bits per heavy atom. The van der Waals surface area contributed by atoms with Gasteiger partial charge in [0.15, 0.2) is 0 Å². The molecule has 0 N–H and O–H groups in total. The van der Waals surface area contributed by atoms with E-state index in [1.54, 1.807) is 0 Å². The summed E-state index contributed by atoms with van der Waals surface area (Å²) in [5.41, 5.74) is 0. The average molecular weight is 1560 g/mol. The van der Waals surface area contributed by atoms with Crippen LogP contribution in [-0.2, 0) is 28.4 Å². The number of fused-ring (bicyclic) bond motifs is 15. The second-order valence-corrected chi connectivity index (χ2v) is 42.2. The van der Waals surface area contributed by atoms with Crippen LogP contribution in [0.1, 0.15) is 380 Å². The van der Waals surface area contributed by atoms with Crippen LogP contribution in [0.25, 0.3) is 0 Å². The predicted molar refractivity (Wildman–Crippen MR) is 474 cm³/mol. The molecule has 20 aliphatic rings. The normalized spacial score (nSPS) is 38.9. The first-order valence-electron chi connectivity index (χ1n) is 51.3. The molecule has 8 saturated carbocycles. The third kappa shape index (κ3) is 30.5. The Bertz CT molecular complexity index is 2830. The molecule has 28 atom stereocenters. The minimum Gasteiger partial charge on any atom is -0.378 e. The molecule has 0 radical (unpaired) electrons. The van der Waals surface area contributed by atoms with Crippen LogP contribution in [0.15, 0.2) is 85.1 Å². The SMILES string of the molecule is C1=CC2CC1CC2C1CCC2OC2C1.C1=CC2CC1CC2CCC1CO1.C1=CC2CC1CC2CCCCC1CO1.C1=CC2CC1CC2CCCCCCC1CO1.C1=CC2CC1CC2COCC1CO1.CCCCCCCCCCCCCCC1CC2C=CC1C2.CCCCCCCCCCCCCCCCC1CC2C=CC1C2. The number of hydrogen-bond donors (Lipinski definition) is 0. The van der Waals surface area contributed by atoms with Crippen molar-refractivity contribution in [3.05, 3.63) is 85.1 Å². The molecule has 5 saturated heterocycles. The van der Waals surface area contributed by atoms with E-state index in [0.29, 0.717) is 36.6 Å². The highest BCUT2D eigenvalue weighted by molar-refractivity contribution is 5.16. The summed E-state index contributed by atoms with van der Waals surface area (Å²) in [6.07, 6.45) is 121. The van der Waals surface area contributed by atoms with Gasteiger partial charge in [-0.05, 0) is 291 Å². The maximum atomic E-state index is 5.64. The maximum Gasteiger partial charge on any atom is 0.104 e. The highest BCUT2D eigenvalue weighted by atomic mass is 16.6. The standard InChI is InChI=1S/C23H42.C21H38.C15H24O.C13H18O.C13H20O.C11H16O2.C11H16O/c1-2-3-4-5-6-7-8-9-10-11-12-13-14-15-16-22-19-21-17-18-23(22)20-21;1-2-3-4-5-6-7-8-9-10-11-12-13-14-20-17-19-15-16-21(20)18-19;1(2-4-6-15-11-16-15)3-5-13-9-12-7-8-14(13)10-12;1-2-9-5-8(1)6-11(9)10-3-4-12-13(7-10)14-12;1(2-4-13-9-14-13)3-11-7-10-5-6-12(11)8-10;1-2-9-3-8(1)4-10(9)5-12-6-11-7-13-11;1-2-9-5-8(1)6-10(9)3-4-11-7-12-11/h17-18,21-23H,2-16,19-20H2,1H3;15-16,19-21H,2-14,17-18H2,1H3;7-8,12-15H,1-6,9-11H2;1-2,8-13H,3-7H2;5-6,10-13H,1-4,7-9H2;1-2,8-11H,3-7H2;1-2,8-11H,3-7H2. The molecule has 6 heteroatoms. The fourth-order valence-electron chi connectivity index (χ4n) is 25.8. The highest BCUT2D eigenvalue weighted by Gasteiger charge is 2.49. The summed E-state index contributed by atoms with van der Waals surface area (Å²) in [6.45, 7) is 10.4. The van der Waals surface area contributed by atoms with Gasteiger partial charge in [-0.15, -0.1) is 0 Å². The van der Waals surface area contributed by atoms with Crippen molar-refractivity contribution in [2.24, 2.45) is 130 Å². The van der Waals surface area contributed by atoms with Crippen molar-refractivity contribution in [1.29, 1.82) is 0 Å². The summed E-state index contributed by atoms with van der Waals surface area (Å²) in [7, 11) is 0. The summed E-state index contributed by atoms with van der Waals surface area (Å²) in [5, 5.41) is 0. The quantitative estimate of drug-likeness (QED) is 0.0343. The predicted octanol–water partition coefficient (Wildman–Crippen LogP) is 29.2. The lowest BCUT2D eigenvalue weighted by molar-refractivity contribution is 0.0784. The number of ether oxygens (including phenoxy) is 6.